The first-order valence-corrected chi connectivity index (χ1v) is 11.2. The van der Waals surface area contributed by atoms with Crippen LogP contribution in [0.15, 0.2) is 64.9 Å². The summed E-state index contributed by atoms with van der Waals surface area (Å²) in [6.45, 7) is 6.01. The largest absolute Gasteiger partial charge is 0.298 e. The van der Waals surface area contributed by atoms with Crippen molar-refractivity contribution in [1.82, 2.24) is 9.78 Å². The molecule has 1 fully saturated rings. The molecule has 8 heteroatoms. The van der Waals surface area contributed by atoms with Gasteiger partial charge in [0.25, 0.3) is 0 Å². The van der Waals surface area contributed by atoms with E-state index >= 15 is 0 Å². The lowest BCUT2D eigenvalue weighted by atomic mass is 10.0. The highest BCUT2D eigenvalue weighted by molar-refractivity contribution is 8.15. The van der Waals surface area contributed by atoms with Gasteiger partial charge in [0.1, 0.15) is 0 Å². The van der Waals surface area contributed by atoms with Crippen molar-refractivity contribution in [3.05, 3.63) is 77.1 Å². The van der Waals surface area contributed by atoms with Gasteiger partial charge < -0.3 is 0 Å². The monoisotopic (exact) mass is 445 g/mol. The second-order valence-electron chi connectivity index (χ2n) is 7.68. The Morgan fingerprint density at radius 3 is 2.56 bits per heavy atom. The fourth-order valence-electron chi connectivity index (χ4n) is 3.43. The van der Waals surface area contributed by atoms with Crippen LogP contribution < -0.4 is 4.90 Å². The van der Waals surface area contributed by atoms with Crippen molar-refractivity contribution in [2.24, 2.45) is 10.2 Å². The number of benzene rings is 2. The van der Waals surface area contributed by atoms with Crippen LogP contribution in [0.25, 0.3) is 5.69 Å². The molecule has 0 radical (unpaired) electrons. The third-order valence-electron chi connectivity index (χ3n) is 5.14. The zero-order valence-electron chi connectivity index (χ0n) is 18.1. The topological polar surface area (TPSA) is 79.9 Å². The van der Waals surface area contributed by atoms with E-state index in [1.807, 2.05) is 48.5 Å². The molecule has 0 bridgehead atoms. The van der Waals surface area contributed by atoms with Crippen LogP contribution in [0.3, 0.4) is 0 Å². The van der Waals surface area contributed by atoms with Crippen LogP contribution in [0, 0.1) is 6.92 Å². The summed E-state index contributed by atoms with van der Waals surface area (Å²) < 4.78 is 1.67. The van der Waals surface area contributed by atoms with E-state index in [1.165, 1.54) is 11.8 Å². The minimum Gasteiger partial charge on any atom is -0.298 e. The zero-order valence-corrected chi connectivity index (χ0v) is 18.9. The molecule has 1 amide bonds. The molecule has 162 valence electrons. The van der Waals surface area contributed by atoms with Gasteiger partial charge in [0.2, 0.25) is 5.91 Å². The van der Waals surface area contributed by atoms with Gasteiger partial charge in [-0.15, -0.1) is 5.10 Å². The average Bonchev–Trinajstić information content (AvgIpc) is 3.36. The van der Waals surface area contributed by atoms with Gasteiger partial charge in [-0.25, -0.2) is 4.68 Å². The van der Waals surface area contributed by atoms with Gasteiger partial charge in [0, 0.05) is 6.20 Å². The van der Waals surface area contributed by atoms with E-state index in [1.54, 1.807) is 28.9 Å². The number of carbonyl (C=O) groups is 2. The molecule has 32 heavy (non-hydrogen) atoms. The van der Waals surface area contributed by atoms with E-state index < -0.39 is 0 Å². The summed E-state index contributed by atoms with van der Waals surface area (Å²) in [6, 6.07) is 15.5. The van der Waals surface area contributed by atoms with Crippen LogP contribution in [0.2, 0.25) is 0 Å². The first-order valence-electron chi connectivity index (χ1n) is 10.3. The molecule has 1 aliphatic rings. The van der Waals surface area contributed by atoms with Crippen molar-refractivity contribution in [3.63, 3.8) is 0 Å². The average molecular weight is 446 g/mol. The number of amidine groups is 1. The first-order chi connectivity index (χ1) is 15.5. The highest BCUT2D eigenvalue weighted by Crippen LogP contribution is 2.33. The van der Waals surface area contributed by atoms with Crippen molar-refractivity contribution in [1.29, 1.82) is 0 Å². The maximum atomic E-state index is 12.6. The highest BCUT2D eigenvalue weighted by Gasteiger charge is 2.31. The summed E-state index contributed by atoms with van der Waals surface area (Å²) in [7, 11) is 0. The zero-order chi connectivity index (χ0) is 22.7. The van der Waals surface area contributed by atoms with Crippen molar-refractivity contribution < 1.29 is 9.59 Å². The Bertz CT molecular complexity index is 1210. The Balaban J connectivity index is 1.54. The van der Waals surface area contributed by atoms with E-state index in [4.69, 9.17) is 0 Å². The number of aromatic nitrogens is 2. The molecular formula is C24H23N5O2S. The minimum absolute atomic E-state index is 0.00520. The van der Waals surface area contributed by atoms with Crippen molar-refractivity contribution in [2.45, 2.75) is 26.7 Å². The number of hydrogen-bond donors (Lipinski definition) is 0. The van der Waals surface area contributed by atoms with Crippen LogP contribution in [-0.2, 0) is 4.79 Å². The van der Waals surface area contributed by atoms with Gasteiger partial charge in [-0.2, -0.15) is 10.2 Å². The molecule has 0 atom stereocenters. The number of amides is 1. The molecule has 3 aromatic rings. The fourth-order valence-corrected chi connectivity index (χ4v) is 4.25. The lowest BCUT2D eigenvalue weighted by Crippen LogP contribution is -2.30. The number of aryl methyl sites for hydroxylation is 1. The number of nitrogens with zero attached hydrogens (tertiary/aromatic N) is 5. The summed E-state index contributed by atoms with van der Waals surface area (Å²) in [5, 5.41) is 13.5. The Morgan fingerprint density at radius 1 is 1.12 bits per heavy atom. The van der Waals surface area contributed by atoms with Crippen molar-refractivity contribution in [3.8, 4) is 5.69 Å². The number of para-hydroxylation sites is 1. The Hall–Kier alpha value is -3.52. The standard InChI is InChI=1S/C24H23N5O2S/c1-16(2)21-6-4-5-7-22(21)29-23(31)15-32-24(29)26-25-12-18-8-10-20(11-9-18)28-13-19(14-30)17(3)27-28/h4-14,16H,15H2,1-3H3/b25-12+,26-24-. The second kappa shape index (κ2) is 9.32. The molecule has 0 spiro atoms. The molecule has 2 aromatic carbocycles. The predicted molar refractivity (Wildman–Crippen MR) is 129 cm³/mol. The van der Waals surface area contributed by atoms with E-state index in [0.717, 1.165) is 28.8 Å². The van der Waals surface area contributed by atoms with Crippen LogP contribution in [0.5, 0.6) is 0 Å². The number of hydrogen-bond acceptors (Lipinski definition) is 6. The highest BCUT2D eigenvalue weighted by atomic mass is 32.2. The second-order valence-corrected chi connectivity index (χ2v) is 8.62. The molecular weight excluding hydrogens is 422 g/mol. The predicted octanol–water partition coefficient (Wildman–Crippen LogP) is 4.59. The van der Waals surface area contributed by atoms with E-state index in [2.05, 4.69) is 29.1 Å². The first kappa shape index (κ1) is 21.7. The van der Waals surface area contributed by atoms with E-state index in [0.29, 0.717) is 22.2 Å². The van der Waals surface area contributed by atoms with Gasteiger partial charge in [0.05, 0.1) is 34.6 Å². The minimum atomic E-state index is 0.00520. The molecule has 0 saturated carbocycles. The maximum absolute atomic E-state index is 12.6. The third-order valence-corrected chi connectivity index (χ3v) is 6.05. The smallest absolute Gasteiger partial charge is 0.243 e. The fraction of sp³-hybridized carbons (Fsp3) is 0.208. The van der Waals surface area contributed by atoms with Crippen LogP contribution >= 0.6 is 11.8 Å². The normalized spacial score (nSPS) is 15.4. The number of carbonyl (C=O) groups excluding carboxylic acids is 2. The number of aldehydes is 1. The Kier molecular flexibility index (Phi) is 6.32. The molecule has 7 nitrogen and oxygen atoms in total. The summed E-state index contributed by atoms with van der Waals surface area (Å²) in [5.74, 6) is 0.640. The van der Waals surface area contributed by atoms with Crippen LogP contribution in [0.1, 0.15) is 46.9 Å². The SMILES string of the molecule is Cc1nn(-c2ccc(/C=N/N=C3\SCC(=O)N3c3ccccc3C(C)C)cc2)cc1C=O. The summed E-state index contributed by atoms with van der Waals surface area (Å²) in [4.78, 5) is 25.2. The molecule has 0 N–H and O–H groups in total. The molecule has 1 aliphatic heterocycles. The van der Waals surface area contributed by atoms with Crippen LogP contribution in [0.4, 0.5) is 5.69 Å². The lowest BCUT2D eigenvalue weighted by molar-refractivity contribution is -0.115. The number of anilines is 1. The molecule has 0 aliphatic carbocycles. The third kappa shape index (κ3) is 4.40. The van der Waals surface area contributed by atoms with E-state index in [9.17, 15) is 9.59 Å². The Morgan fingerprint density at radius 2 is 1.88 bits per heavy atom. The number of thioether (sulfide) groups is 1. The van der Waals surface area contributed by atoms with Gasteiger partial charge in [-0.1, -0.05) is 55.9 Å². The summed E-state index contributed by atoms with van der Waals surface area (Å²) >= 11 is 1.39. The van der Waals surface area contributed by atoms with Crippen molar-refractivity contribution >= 4 is 41.0 Å². The van der Waals surface area contributed by atoms with Gasteiger partial charge in [-0.3, -0.25) is 14.5 Å². The van der Waals surface area contributed by atoms with E-state index in [-0.39, 0.29) is 11.8 Å². The molecule has 0 unspecified atom stereocenters. The van der Waals surface area contributed by atoms with Crippen LogP contribution in [-0.4, -0.2) is 39.1 Å². The molecule has 1 aromatic heterocycles. The molecule has 1 saturated heterocycles. The molecule has 4 rings (SSSR count). The van der Waals surface area contributed by atoms with Crippen molar-refractivity contribution in [2.75, 3.05) is 10.7 Å². The molecule has 2 heterocycles. The van der Waals surface area contributed by atoms with Gasteiger partial charge >= 0.3 is 0 Å². The summed E-state index contributed by atoms with van der Waals surface area (Å²) in [5.41, 5.74) is 4.92. The number of rotatable bonds is 6. The van der Waals surface area contributed by atoms with Gasteiger partial charge in [0.15, 0.2) is 11.5 Å². The summed E-state index contributed by atoms with van der Waals surface area (Å²) in [6.07, 6.45) is 4.15. The lowest BCUT2D eigenvalue weighted by Gasteiger charge is -2.20. The van der Waals surface area contributed by atoms with Gasteiger partial charge in [-0.05, 0) is 42.2 Å². The Labute approximate surface area is 190 Å². The quantitative estimate of drug-likeness (QED) is 0.316. The maximum Gasteiger partial charge on any atom is 0.243 e.